The van der Waals surface area contributed by atoms with Gasteiger partial charge in [0.05, 0.1) is 13.2 Å². The first-order chi connectivity index (χ1) is 48.5. The standard InChI is InChI=1S/4C18H17NO4.2C4H8O2.2Rh/c4*1-18(2,3)14(17(22)23)19-15(20)11-8-4-6-10-7-5-9-12(13(10)11)16(19)21;2*1-3-6-4(2)5;;/h4*4-9,14H,1-3H3,(H,22,23);2*3H2,1-2H3;;/t4*14-;;;;/m1111..../s1. The van der Waals surface area contributed by atoms with E-state index in [-0.39, 0.29) is 50.9 Å². The summed E-state index contributed by atoms with van der Waals surface area (Å²) in [5.74, 6) is -9.61. The van der Waals surface area contributed by atoms with Crippen LogP contribution in [0.1, 0.15) is 194 Å². The smallest absolute Gasteiger partial charge is 0.327 e. The number of rotatable bonds is 10. The Morgan fingerprint density at radius 3 is 0.509 bits per heavy atom. The first-order valence-electron chi connectivity index (χ1n) is 33.2. The summed E-state index contributed by atoms with van der Waals surface area (Å²) in [6, 6.07) is 36.7. The molecule has 0 fully saturated rings. The molecular formula is C80H84N4O20Rh2. The number of carboxylic acids is 4. The van der Waals surface area contributed by atoms with Crippen LogP contribution in [-0.4, -0.2) is 160 Å². The molecule has 4 atom stereocenters. The Balaban J connectivity index is 0.000000239. The molecule has 24 nitrogen and oxygen atoms in total. The molecule has 0 unspecified atom stereocenters. The molecule has 0 saturated carbocycles. The van der Waals surface area contributed by atoms with E-state index in [2.05, 4.69) is 9.47 Å². The molecule has 8 amide bonds. The first kappa shape index (κ1) is 86.1. The van der Waals surface area contributed by atoms with Crippen LogP contribution in [0.15, 0.2) is 146 Å². The average Bonchev–Trinajstić information content (AvgIpc) is 0.757. The fourth-order valence-corrected chi connectivity index (χ4v) is 13.0. The number of hydrogen-bond donors (Lipinski definition) is 4. The molecule has 4 heterocycles. The number of carbonyl (C=O) groups excluding carboxylic acids is 10. The molecule has 0 aliphatic carbocycles. The third-order valence-electron chi connectivity index (χ3n) is 17.2. The van der Waals surface area contributed by atoms with Gasteiger partial charge in [-0.05, 0) is 106 Å². The van der Waals surface area contributed by atoms with E-state index in [1.165, 1.54) is 13.8 Å². The fraction of sp³-hybridized carbons (Fsp3) is 0.325. The molecule has 4 N–H and O–H groups in total. The molecule has 562 valence electrons. The number of carboxylic acid groups (broad SMARTS) is 4. The van der Waals surface area contributed by atoms with Gasteiger partial charge in [-0.2, -0.15) is 0 Å². The van der Waals surface area contributed by atoms with Gasteiger partial charge in [0.15, 0.2) is 0 Å². The van der Waals surface area contributed by atoms with Crippen molar-refractivity contribution in [2.75, 3.05) is 13.2 Å². The van der Waals surface area contributed by atoms with Crippen LogP contribution in [0.2, 0.25) is 0 Å². The van der Waals surface area contributed by atoms with E-state index in [4.69, 9.17) is 0 Å². The Bertz CT molecular complexity index is 4070. The second kappa shape index (κ2) is 34.1. The van der Waals surface area contributed by atoms with Gasteiger partial charge in [0.25, 0.3) is 47.3 Å². The van der Waals surface area contributed by atoms with Crippen molar-refractivity contribution in [3.05, 3.63) is 190 Å². The summed E-state index contributed by atoms with van der Waals surface area (Å²) < 4.78 is 8.81. The Labute approximate surface area is 637 Å². The minimum atomic E-state index is -1.23. The van der Waals surface area contributed by atoms with E-state index in [9.17, 15) is 87.5 Å². The van der Waals surface area contributed by atoms with Gasteiger partial charge in [-0.25, -0.2) is 19.2 Å². The van der Waals surface area contributed by atoms with Crippen molar-refractivity contribution in [2.24, 2.45) is 21.7 Å². The molecule has 0 saturated heterocycles. The molecule has 4 aliphatic heterocycles. The molecule has 4 aliphatic rings. The summed E-state index contributed by atoms with van der Waals surface area (Å²) in [4.78, 5) is 173. The summed E-state index contributed by atoms with van der Waals surface area (Å²) in [7, 11) is 0. The van der Waals surface area contributed by atoms with E-state index >= 15 is 0 Å². The largest absolute Gasteiger partial charge is 0.480 e. The Morgan fingerprint density at radius 1 is 0.292 bits per heavy atom. The van der Waals surface area contributed by atoms with Crippen LogP contribution in [-0.2, 0) is 77.2 Å². The van der Waals surface area contributed by atoms with E-state index in [1.807, 2.05) is 48.5 Å². The maximum absolute atomic E-state index is 12.8. The SMILES string of the molecule is CC(C)(C)[C@@H](C(=O)O)N1C(=O)c2cccc3cccc(c23)C1=O.CC(C)(C)[C@@H](C(=O)O)N1C(=O)c2cccc3cccc(c23)C1=O.CC(C)(C)[C@@H](C(=O)O)N1C(=O)c2cccc3cccc(c23)C1=O.CC(C)(C)[C@@H](C(=O)O)N1C(=O)c2cccc3cccc(c23)C1=O.CCOC(C)=O.CCOC(C)=O.[Rh].[Rh]. The first-order valence-corrected chi connectivity index (χ1v) is 33.2. The minimum Gasteiger partial charge on any atom is -0.480 e. The van der Waals surface area contributed by atoms with Crippen molar-refractivity contribution in [1.29, 1.82) is 0 Å². The number of nitrogens with zero attached hydrogens (tertiary/aromatic N) is 4. The maximum atomic E-state index is 12.8. The van der Waals surface area contributed by atoms with E-state index in [0.717, 1.165) is 41.1 Å². The zero-order valence-corrected chi connectivity index (χ0v) is 64.6. The van der Waals surface area contributed by atoms with E-state index < -0.39 is 117 Å². The molecule has 8 aromatic rings. The monoisotopic (exact) mass is 1630 g/mol. The third-order valence-corrected chi connectivity index (χ3v) is 17.2. The van der Waals surface area contributed by atoms with Crippen LogP contribution in [0.5, 0.6) is 0 Å². The van der Waals surface area contributed by atoms with Crippen molar-refractivity contribution >= 4 is 126 Å². The summed E-state index contributed by atoms with van der Waals surface area (Å²) >= 11 is 0. The van der Waals surface area contributed by atoms with Gasteiger partial charge in [0.2, 0.25) is 0 Å². The van der Waals surface area contributed by atoms with E-state index in [0.29, 0.717) is 79.3 Å². The van der Waals surface area contributed by atoms with Crippen molar-refractivity contribution in [2.45, 2.75) is 135 Å². The molecule has 0 aromatic heterocycles. The van der Waals surface area contributed by atoms with Crippen LogP contribution in [0, 0.1) is 21.7 Å². The molecule has 0 spiro atoms. The number of esters is 2. The fourth-order valence-electron chi connectivity index (χ4n) is 13.0. The number of ether oxygens (including phenoxy) is 2. The summed E-state index contributed by atoms with van der Waals surface area (Å²) in [6.45, 7) is 27.7. The van der Waals surface area contributed by atoms with Crippen LogP contribution in [0.25, 0.3) is 43.1 Å². The van der Waals surface area contributed by atoms with Gasteiger partial charge in [0.1, 0.15) is 24.2 Å². The van der Waals surface area contributed by atoms with Crippen LogP contribution in [0.3, 0.4) is 0 Å². The predicted octanol–water partition coefficient (Wildman–Crippen LogP) is 12.9. The van der Waals surface area contributed by atoms with Gasteiger partial charge >= 0.3 is 35.8 Å². The minimum absolute atomic E-state index is 0. The number of aliphatic carboxylic acids is 4. The number of benzene rings is 8. The molecule has 106 heavy (non-hydrogen) atoms. The quantitative estimate of drug-likeness (QED) is 0.0561. The third kappa shape index (κ3) is 17.9. The topological polar surface area (TPSA) is 351 Å². The van der Waals surface area contributed by atoms with Gasteiger partial charge in [-0.1, -0.05) is 180 Å². The Kier molecular flexibility index (Phi) is 27.7. The number of imide groups is 4. The average molecular weight is 1630 g/mol. The van der Waals surface area contributed by atoms with Gasteiger partial charge in [-0.3, -0.25) is 67.5 Å². The van der Waals surface area contributed by atoms with Gasteiger partial charge < -0.3 is 29.9 Å². The number of carbonyl (C=O) groups is 14. The molecule has 26 heteroatoms. The van der Waals surface area contributed by atoms with Crippen molar-refractivity contribution in [3.8, 4) is 0 Å². The van der Waals surface area contributed by atoms with E-state index in [1.54, 1.807) is 194 Å². The Hall–Kier alpha value is -10.6. The van der Waals surface area contributed by atoms with Crippen molar-refractivity contribution in [1.82, 2.24) is 19.6 Å². The summed E-state index contributed by atoms with van der Waals surface area (Å²) in [5, 5.41) is 43.9. The van der Waals surface area contributed by atoms with Crippen molar-refractivity contribution in [3.63, 3.8) is 0 Å². The van der Waals surface area contributed by atoms with Crippen LogP contribution < -0.4 is 0 Å². The summed E-state index contributed by atoms with van der Waals surface area (Å²) in [6.07, 6.45) is 0. The number of amides is 8. The molecule has 8 aromatic carbocycles. The van der Waals surface area contributed by atoms with Crippen LogP contribution >= 0.6 is 0 Å². The normalized spacial score (nSPS) is 14.6. The van der Waals surface area contributed by atoms with Gasteiger partial charge in [-0.15, -0.1) is 0 Å². The zero-order valence-electron chi connectivity index (χ0n) is 61.4. The molecule has 12 rings (SSSR count). The molecular weight excluding hydrogens is 1540 g/mol. The van der Waals surface area contributed by atoms with Crippen LogP contribution in [0.4, 0.5) is 0 Å². The molecule has 0 bridgehead atoms. The predicted molar refractivity (Wildman–Crippen MR) is 386 cm³/mol. The van der Waals surface area contributed by atoms with Gasteiger partial charge in [0, 0.05) is 119 Å². The molecule has 2 radical (unpaired) electrons. The summed E-state index contributed by atoms with van der Waals surface area (Å²) in [5.41, 5.74) is -0.172. The second-order valence-electron chi connectivity index (χ2n) is 29.0. The van der Waals surface area contributed by atoms with Crippen molar-refractivity contribution < 1.29 is 136 Å². The zero-order chi connectivity index (χ0) is 77.7. The number of hydrogen-bond acceptors (Lipinski definition) is 16. The maximum Gasteiger partial charge on any atom is 0.327 e. The second-order valence-corrected chi connectivity index (χ2v) is 29.0. The Morgan fingerprint density at radius 2 is 0.425 bits per heavy atom.